The molecule has 0 saturated carbocycles. The molecule has 35 heavy (non-hydrogen) atoms. The van der Waals surface area contributed by atoms with Gasteiger partial charge in [-0.1, -0.05) is 41.8 Å². The second kappa shape index (κ2) is 12.4. The van der Waals surface area contributed by atoms with Crippen LogP contribution in [0.5, 0.6) is 0 Å². The molecule has 0 fully saturated rings. The Balaban J connectivity index is 2.08. The van der Waals surface area contributed by atoms with Crippen LogP contribution in [0.3, 0.4) is 0 Å². The molecular weight excluding hydrogens is 484 g/mol. The first-order valence-electron chi connectivity index (χ1n) is 10.9. The zero-order chi connectivity index (χ0) is 25.4. The fourth-order valence-corrected chi connectivity index (χ4v) is 4.78. The van der Waals surface area contributed by atoms with Gasteiger partial charge in [-0.3, -0.25) is 9.59 Å². The largest absolute Gasteiger partial charge is 0.469 e. The molecule has 1 unspecified atom stereocenters. The smallest absolute Gasteiger partial charge is 0.326 e. The Morgan fingerprint density at radius 1 is 0.971 bits per heavy atom. The molecule has 0 aliphatic carbocycles. The van der Waals surface area contributed by atoms with E-state index in [2.05, 4.69) is 5.92 Å². The van der Waals surface area contributed by atoms with Crippen molar-refractivity contribution in [1.82, 2.24) is 0 Å². The van der Waals surface area contributed by atoms with E-state index in [4.69, 9.17) is 27.5 Å². The molecule has 0 aliphatic heterocycles. The van der Waals surface area contributed by atoms with E-state index < -0.39 is 0 Å². The zero-order valence-electron chi connectivity index (χ0n) is 19.9. The quantitative estimate of drug-likeness (QED) is 0.201. The fraction of sp³-hybridized carbons (Fsp3) is 0.259. The maximum Gasteiger partial charge on any atom is 0.326 e. The highest BCUT2D eigenvalue weighted by Crippen LogP contribution is 2.39. The molecule has 0 radical (unpaired) electrons. The standard InChI is InChI=1S/C27H27ClN2O4S/c1-5-16-29(19(2)17-26(31)33-3)24-14-15-25(23-9-7-6-8-22(23)24)30(18-27(32)34-4)35-21-12-10-20(28)11-13-21/h1,6-15,19H,16-18H2,2-4H3. The molecule has 0 bridgehead atoms. The zero-order valence-corrected chi connectivity index (χ0v) is 21.4. The summed E-state index contributed by atoms with van der Waals surface area (Å²) in [7, 11) is 2.74. The van der Waals surface area contributed by atoms with Crippen LogP contribution in [0.4, 0.5) is 11.4 Å². The van der Waals surface area contributed by atoms with Gasteiger partial charge in [-0.15, -0.1) is 6.42 Å². The number of ether oxygens (including phenoxy) is 2. The van der Waals surface area contributed by atoms with Gasteiger partial charge in [-0.25, -0.2) is 0 Å². The van der Waals surface area contributed by atoms with Gasteiger partial charge in [0.2, 0.25) is 0 Å². The predicted octanol–water partition coefficient (Wildman–Crippen LogP) is 5.57. The Morgan fingerprint density at radius 3 is 2.17 bits per heavy atom. The van der Waals surface area contributed by atoms with Crippen molar-refractivity contribution in [2.24, 2.45) is 0 Å². The summed E-state index contributed by atoms with van der Waals surface area (Å²) < 4.78 is 11.7. The molecule has 0 heterocycles. The summed E-state index contributed by atoms with van der Waals surface area (Å²) in [5.74, 6) is 2.04. The number of carbonyl (C=O) groups is 2. The van der Waals surface area contributed by atoms with Crippen LogP contribution in [0.25, 0.3) is 10.8 Å². The van der Waals surface area contributed by atoms with Crippen molar-refractivity contribution in [2.75, 3.05) is 36.5 Å². The van der Waals surface area contributed by atoms with Crippen molar-refractivity contribution in [2.45, 2.75) is 24.3 Å². The lowest BCUT2D eigenvalue weighted by molar-refractivity contribution is -0.141. The van der Waals surface area contributed by atoms with E-state index in [9.17, 15) is 9.59 Å². The van der Waals surface area contributed by atoms with Crippen LogP contribution in [-0.4, -0.2) is 45.3 Å². The Bertz CT molecular complexity index is 1230. The van der Waals surface area contributed by atoms with Crippen molar-refractivity contribution in [1.29, 1.82) is 0 Å². The van der Waals surface area contributed by atoms with E-state index in [-0.39, 0.29) is 30.9 Å². The minimum atomic E-state index is -0.361. The first-order chi connectivity index (χ1) is 16.9. The summed E-state index contributed by atoms with van der Waals surface area (Å²) in [6, 6.07) is 19.1. The third kappa shape index (κ3) is 6.62. The Morgan fingerprint density at radius 2 is 1.57 bits per heavy atom. The highest BCUT2D eigenvalue weighted by molar-refractivity contribution is 8.00. The van der Waals surface area contributed by atoms with Crippen LogP contribution < -0.4 is 9.21 Å². The molecular formula is C27H27ClN2O4S. The summed E-state index contributed by atoms with van der Waals surface area (Å²) >= 11 is 7.46. The van der Waals surface area contributed by atoms with Crippen molar-refractivity contribution in [3.05, 3.63) is 65.7 Å². The first-order valence-corrected chi connectivity index (χ1v) is 12.1. The first kappa shape index (κ1) is 26.3. The number of methoxy groups -OCH3 is 2. The maximum absolute atomic E-state index is 12.3. The number of hydrogen-bond acceptors (Lipinski definition) is 7. The Kier molecular flexibility index (Phi) is 9.30. The van der Waals surface area contributed by atoms with Gasteiger partial charge in [0, 0.05) is 32.4 Å². The molecule has 0 amide bonds. The number of rotatable bonds is 10. The molecule has 0 aromatic heterocycles. The van der Waals surface area contributed by atoms with Crippen LogP contribution in [0.2, 0.25) is 5.02 Å². The van der Waals surface area contributed by atoms with E-state index in [1.165, 1.54) is 26.2 Å². The number of halogens is 1. The van der Waals surface area contributed by atoms with Crippen molar-refractivity contribution in [3.63, 3.8) is 0 Å². The van der Waals surface area contributed by atoms with Crippen LogP contribution >= 0.6 is 23.5 Å². The van der Waals surface area contributed by atoms with Crippen LogP contribution in [0.1, 0.15) is 13.3 Å². The molecule has 8 heteroatoms. The molecule has 1 atom stereocenters. The summed E-state index contributed by atoms with van der Waals surface area (Å²) in [5.41, 5.74) is 1.74. The number of terminal acetylenes is 1. The highest BCUT2D eigenvalue weighted by atomic mass is 35.5. The lowest BCUT2D eigenvalue weighted by Crippen LogP contribution is -2.35. The number of benzene rings is 3. The van der Waals surface area contributed by atoms with E-state index in [0.29, 0.717) is 11.6 Å². The van der Waals surface area contributed by atoms with E-state index in [1.54, 1.807) is 0 Å². The second-order valence-electron chi connectivity index (χ2n) is 7.77. The van der Waals surface area contributed by atoms with Gasteiger partial charge in [0.25, 0.3) is 0 Å². The monoisotopic (exact) mass is 510 g/mol. The van der Waals surface area contributed by atoms with Crippen molar-refractivity contribution >= 4 is 57.6 Å². The van der Waals surface area contributed by atoms with E-state index >= 15 is 0 Å². The number of carbonyl (C=O) groups excluding carboxylic acids is 2. The molecule has 3 aromatic rings. The Labute approximate surface area is 215 Å². The maximum atomic E-state index is 12.3. The van der Waals surface area contributed by atoms with Gasteiger partial charge < -0.3 is 18.7 Å². The summed E-state index contributed by atoms with van der Waals surface area (Å²) in [5, 5.41) is 2.52. The highest BCUT2D eigenvalue weighted by Gasteiger charge is 2.22. The average Bonchev–Trinajstić information content (AvgIpc) is 2.87. The summed E-state index contributed by atoms with van der Waals surface area (Å²) in [6.45, 7) is 2.31. The average molecular weight is 511 g/mol. The van der Waals surface area contributed by atoms with Gasteiger partial charge >= 0.3 is 11.9 Å². The number of fused-ring (bicyclic) bond motifs is 1. The minimum absolute atomic E-state index is 0.0416. The fourth-order valence-electron chi connectivity index (χ4n) is 3.72. The van der Waals surface area contributed by atoms with Gasteiger partial charge in [-0.2, -0.15) is 0 Å². The van der Waals surface area contributed by atoms with Gasteiger partial charge in [-0.05, 0) is 55.3 Å². The third-order valence-electron chi connectivity index (χ3n) is 5.47. The van der Waals surface area contributed by atoms with E-state index in [1.807, 2.05) is 76.8 Å². The molecule has 3 rings (SSSR count). The number of esters is 2. The predicted molar refractivity (Wildman–Crippen MR) is 143 cm³/mol. The second-order valence-corrected chi connectivity index (χ2v) is 9.30. The summed E-state index contributed by atoms with van der Waals surface area (Å²) in [4.78, 5) is 27.2. The summed E-state index contributed by atoms with van der Waals surface area (Å²) in [6.07, 6.45) is 5.88. The van der Waals surface area contributed by atoms with Crippen LogP contribution in [-0.2, 0) is 19.1 Å². The van der Waals surface area contributed by atoms with Crippen molar-refractivity contribution < 1.29 is 19.1 Å². The normalized spacial score (nSPS) is 11.4. The molecule has 0 saturated heterocycles. The van der Waals surface area contributed by atoms with Crippen LogP contribution in [0, 0.1) is 12.3 Å². The molecule has 3 aromatic carbocycles. The number of anilines is 2. The SMILES string of the molecule is C#CCN(c1ccc(N(CC(=O)OC)Sc2ccc(Cl)cc2)c2ccccc12)C(C)CC(=O)OC. The minimum Gasteiger partial charge on any atom is -0.469 e. The molecule has 0 aliphatic rings. The van der Waals surface area contributed by atoms with Gasteiger partial charge in [0.15, 0.2) is 0 Å². The number of hydrogen-bond donors (Lipinski definition) is 0. The van der Waals surface area contributed by atoms with Crippen LogP contribution in [0.15, 0.2) is 65.6 Å². The topological polar surface area (TPSA) is 59.1 Å². The molecule has 0 N–H and O–H groups in total. The lowest BCUT2D eigenvalue weighted by Gasteiger charge is -2.31. The van der Waals surface area contributed by atoms with E-state index in [0.717, 1.165) is 27.0 Å². The molecule has 182 valence electrons. The molecule has 0 spiro atoms. The third-order valence-corrected chi connectivity index (χ3v) is 6.75. The molecule has 6 nitrogen and oxygen atoms in total. The van der Waals surface area contributed by atoms with Crippen molar-refractivity contribution in [3.8, 4) is 12.3 Å². The number of nitrogens with zero attached hydrogens (tertiary/aromatic N) is 2. The van der Waals surface area contributed by atoms with Gasteiger partial charge in [0.05, 0.1) is 32.9 Å². The Hall–Kier alpha value is -3.34. The lowest BCUT2D eigenvalue weighted by atomic mass is 10.0. The van der Waals surface area contributed by atoms with Gasteiger partial charge in [0.1, 0.15) is 6.54 Å².